The highest BCUT2D eigenvalue weighted by Crippen LogP contribution is 2.24. The predicted octanol–water partition coefficient (Wildman–Crippen LogP) is 2.71. The maximum absolute atomic E-state index is 11.8. The van der Waals surface area contributed by atoms with Crippen molar-refractivity contribution >= 4 is 22.9 Å². The second-order valence-corrected chi connectivity index (χ2v) is 5.61. The lowest BCUT2D eigenvalue weighted by Gasteiger charge is -2.27. The molecule has 1 saturated heterocycles. The molecule has 3 nitrogen and oxygen atoms in total. The van der Waals surface area contributed by atoms with Gasteiger partial charge in [0, 0.05) is 11.8 Å². The van der Waals surface area contributed by atoms with Gasteiger partial charge in [-0.15, -0.1) is 0 Å². The first kappa shape index (κ1) is 12.6. The van der Waals surface area contributed by atoms with E-state index in [0.29, 0.717) is 18.3 Å². The Balaban J connectivity index is 1.77. The first-order valence-electron chi connectivity index (χ1n) is 6.28. The molecule has 1 aromatic heterocycles. The number of nitrogens with one attached hydrogen (secondary N) is 2. The first-order valence-corrected chi connectivity index (χ1v) is 7.23. The van der Waals surface area contributed by atoms with Crippen molar-refractivity contribution in [3.8, 4) is 0 Å². The average Bonchev–Trinajstić information content (AvgIpc) is 2.82. The van der Waals surface area contributed by atoms with Gasteiger partial charge in [-0.3, -0.25) is 4.79 Å². The first-order chi connectivity index (χ1) is 8.25. The van der Waals surface area contributed by atoms with Crippen molar-refractivity contribution in [2.45, 2.75) is 26.2 Å². The van der Waals surface area contributed by atoms with E-state index in [9.17, 15) is 4.79 Å². The van der Waals surface area contributed by atoms with Crippen LogP contribution in [0.5, 0.6) is 0 Å². The molecule has 1 amide bonds. The van der Waals surface area contributed by atoms with Gasteiger partial charge in [0.1, 0.15) is 0 Å². The van der Waals surface area contributed by atoms with Gasteiger partial charge in [-0.05, 0) is 49.2 Å². The summed E-state index contributed by atoms with van der Waals surface area (Å²) in [7, 11) is 0. The molecule has 1 aromatic rings. The summed E-state index contributed by atoms with van der Waals surface area (Å²) in [6.07, 6.45) is 3.04. The zero-order chi connectivity index (χ0) is 12.1. The lowest BCUT2D eigenvalue weighted by Crippen LogP contribution is -2.32. The average molecular weight is 252 g/mol. The van der Waals surface area contributed by atoms with Gasteiger partial charge < -0.3 is 10.6 Å². The van der Waals surface area contributed by atoms with E-state index in [2.05, 4.69) is 17.6 Å². The molecular weight excluding hydrogens is 232 g/mol. The molecule has 0 spiro atoms. The van der Waals surface area contributed by atoms with Gasteiger partial charge in [-0.25, -0.2) is 0 Å². The van der Waals surface area contributed by atoms with Crippen LogP contribution in [0.1, 0.15) is 26.2 Å². The third-order valence-electron chi connectivity index (χ3n) is 3.50. The van der Waals surface area contributed by atoms with Crippen LogP contribution in [0.15, 0.2) is 16.8 Å². The molecule has 0 saturated carbocycles. The highest BCUT2D eigenvalue weighted by molar-refractivity contribution is 7.08. The summed E-state index contributed by atoms with van der Waals surface area (Å²) >= 11 is 1.61. The summed E-state index contributed by atoms with van der Waals surface area (Å²) in [6, 6.07) is 1.94. The number of anilines is 1. The van der Waals surface area contributed by atoms with Crippen LogP contribution >= 0.6 is 11.3 Å². The Labute approximate surface area is 107 Å². The zero-order valence-electron chi connectivity index (χ0n) is 10.2. The fourth-order valence-corrected chi connectivity index (χ4v) is 3.01. The van der Waals surface area contributed by atoms with Crippen LogP contribution in [0.3, 0.4) is 0 Å². The maximum atomic E-state index is 11.8. The number of carbonyl (C=O) groups excluding carboxylic acids is 1. The molecule has 1 aliphatic rings. The van der Waals surface area contributed by atoms with Crippen molar-refractivity contribution in [2.24, 2.45) is 11.8 Å². The summed E-state index contributed by atoms with van der Waals surface area (Å²) in [5.41, 5.74) is 0.928. The van der Waals surface area contributed by atoms with Crippen molar-refractivity contribution in [2.75, 3.05) is 18.4 Å². The third-order valence-corrected chi connectivity index (χ3v) is 4.18. The van der Waals surface area contributed by atoms with E-state index in [1.165, 1.54) is 12.8 Å². The van der Waals surface area contributed by atoms with Gasteiger partial charge >= 0.3 is 0 Å². The molecule has 4 heteroatoms. The van der Waals surface area contributed by atoms with E-state index in [1.54, 1.807) is 11.3 Å². The number of thiophene rings is 1. The molecule has 0 aliphatic carbocycles. The minimum atomic E-state index is 0.148. The Morgan fingerprint density at radius 2 is 2.35 bits per heavy atom. The van der Waals surface area contributed by atoms with Crippen LogP contribution in [0.4, 0.5) is 5.69 Å². The highest BCUT2D eigenvalue weighted by atomic mass is 32.1. The van der Waals surface area contributed by atoms with Gasteiger partial charge in [0.15, 0.2) is 0 Å². The van der Waals surface area contributed by atoms with Crippen molar-refractivity contribution in [1.82, 2.24) is 5.32 Å². The minimum absolute atomic E-state index is 0.148. The van der Waals surface area contributed by atoms with Crippen molar-refractivity contribution < 1.29 is 4.79 Å². The van der Waals surface area contributed by atoms with Gasteiger partial charge in [0.2, 0.25) is 5.91 Å². The SMILES string of the molecule is CC(CC(=O)Nc1ccsc1)C1CCNCC1. The number of amides is 1. The van der Waals surface area contributed by atoms with Crippen molar-refractivity contribution in [3.05, 3.63) is 16.8 Å². The topological polar surface area (TPSA) is 41.1 Å². The molecular formula is C13H20N2OS. The normalized spacial score (nSPS) is 18.9. The Morgan fingerprint density at radius 3 is 3.00 bits per heavy atom. The number of hydrogen-bond donors (Lipinski definition) is 2. The van der Waals surface area contributed by atoms with Crippen molar-refractivity contribution in [1.29, 1.82) is 0 Å². The Hall–Kier alpha value is -0.870. The van der Waals surface area contributed by atoms with E-state index in [-0.39, 0.29) is 5.91 Å². The van der Waals surface area contributed by atoms with Crippen LogP contribution in [0.25, 0.3) is 0 Å². The number of carbonyl (C=O) groups is 1. The molecule has 1 atom stereocenters. The van der Waals surface area contributed by atoms with Crippen LogP contribution in [-0.2, 0) is 4.79 Å². The third kappa shape index (κ3) is 3.82. The van der Waals surface area contributed by atoms with Crippen LogP contribution in [0, 0.1) is 11.8 Å². The van der Waals surface area contributed by atoms with E-state index >= 15 is 0 Å². The molecule has 0 aromatic carbocycles. The molecule has 2 heterocycles. The molecule has 1 fully saturated rings. The second-order valence-electron chi connectivity index (χ2n) is 4.83. The fourth-order valence-electron chi connectivity index (χ4n) is 2.42. The van der Waals surface area contributed by atoms with Crippen LogP contribution in [0.2, 0.25) is 0 Å². The quantitative estimate of drug-likeness (QED) is 0.865. The number of hydrogen-bond acceptors (Lipinski definition) is 3. The maximum Gasteiger partial charge on any atom is 0.224 e. The van der Waals surface area contributed by atoms with Gasteiger partial charge in [0.05, 0.1) is 5.69 Å². The van der Waals surface area contributed by atoms with Crippen molar-refractivity contribution in [3.63, 3.8) is 0 Å². The summed E-state index contributed by atoms with van der Waals surface area (Å²) in [5.74, 6) is 1.33. The standard InChI is InChI=1S/C13H20N2OS/c1-10(11-2-5-14-6-3-11)8-13(16)15-12-4-7-17-9-12/h4,7,9-11,14H,2-3,5-6,8H2,1H3,(H,15,16). The van der Waals surface area contributed by atoms with E-state index < -0.39 is 0 Å². The molecule has 0 radical (unpaired) electrons. The molecule has 17 heavy (non-hydrogen) atoms. The van der Waals surface area contributed by atoms with E-state index in [4.69, 9.17) is 0 Å². The highest BCUT2D eigenvalue weighted by Gasteiger charge is 2.21. The monoisotopic (exact) mass is 252 g/mol. The summed E-state index contributed by atoms with van der Waals surface area (Å²) < 4.78 is 0. The summed E-state index contributed by atoms with van der Waals surface area (Å²) in [5, 5.41) is 10.3. The summed E-state index contributed by atoms with van der Waals surface area (Å²) in [4.78, 5) is 11.8. The van der Waals surface area contributed by atoms with Gasteiger partial charge in [-0.1, -0.05) is 6.92 Å². The van der Waals surface area contributed by atoms with E-state index in [0.717, 1.165) is 18.8 Å². The smallest absolute Gasteiger partial charge is 0.224 e. The molecule has 94 valence electrons. The Kier molecular flexibility index (Phi) is 4.57. The van der Waals surface area contributed by atoms with Crippen LogP contribution < -0.4 is 10.6 Å². The van der Waals surface area contributed by atoms with Crippen LogP contribution in [-0.4, -0.2) is 19.0 Å². The summed E-state index contributed by atoms with van der Waals surface area (Å²) in [6.45, 7) is 4.39. The predicted molar refractivity (Wildman–Crippen MR) is 72.3 cm³/mol. The van der Waals surface area contributed by atoms with Gasteiger partial charge in [-0.2, -0.15) is 11.3 Å². The largest absolute Gasteiger partial charge is 0.325 e. The lowest BCUT2D eigenvalue weighted by molar-refractivity contribution is -0.117. The fraction of sp³-hybridized carbons (Fsp3) is 0.615. The second kappa shape index (κ2) is 6.17. The molecule has 2 rings (SSSR count). The van der Waals surface area contributed by atoms with E-state index in [1.807, 2.05) is 16.8 Å². The molecule has 1 aliphatic heterocycles. The Morgan fingerprint density at radius 1 is 1.59 bits per heavy atom. The molecule has 1 unspecified atom stereocenters. The number of rotatable bonds is 4. The minimum Gasteiger partial charge on any atom is -0.325 e. The number of piperidine rings is 1. The zero-order valence-corrected chi connectivity index (χ0v) is 11.1. The molecule has 2 N–H and O–H groups in total. The lowest BCUT2D eigenvalue weighted by atomic mass is 9.84. The molecule has 0 bridgehead atoms. The Bertz CT molecular complexity index is 344. The van der Waals surface area contributed by atoms with Gasteiger partial charge in [0.25, 0.3) is 0 Å².